The molecule has 0 spiro atoms. The molecule has 1 aromatic heterocycles. The van der Waals surface area contributed by atoms with Crippen molar-refractivity contribution in [3.63, 3.8) is 0 Å². The monoisotopic (exact) mass is 263 g/mol. The van der Waals surface area contributed by atoms with E-state index in [4.69, 9.17) is 5.73 Å². The molecule has 0 amide bonds. The van der Waals surface area contributed by atoms with E-state index in [9.17, 15) is 0 Å². The number of nitrogens with one attached hydrogen (secondary N) is 1. The van der Waals surface area contributed by atoms with Crippen molar-refractivity contribution in [3.05, 3.63) is 66.2 Å². The molecule has 0 fully saturated rings. The van der Waals surface area contributed by atoms with Crippen molar-refractivity contribution in [1.29, 1.82) is 0 Å². The summed E-state index contributed by atoms with van der Waals surface area (Å²) in [5.74, 6) is 0. The van der Waals surface area contributed by atoms with Gasteiger partial charge in [-0.15, -0.1) is 0 Å². The first kappa shape index (κ1) is 12.6. The summed E-state index contributed by atoms with van der Waals surface area (Å²) in [6.45, 7) is 0.610. The fourth-order valence-corrected chi connectivity index (χ4v) is 2.43. The number of H-pyrrole nitrogens is 1. The van der Waals surface area contributed by atoms with Crippen LogP contribution in [-0.4, -0.2) is 16.7 Å². The van der Waals surface area contributed by atoms with E-state index in [2.05, 4.69) is 34.5 Å². The molecule has 3 rings (SSSR count). The summed E-state index contributed by atoms with van der Waals surface area (Å²) in [4.78, 5) is 0. The Balaban J connectivity index is 2.12. The van der Waals surface area contributed by atoms with Gasteiger partial charge in [-0.2, -0.15) is 5.10 Å². The van der Waals surface area contributed by atoms with Gasteiger partial charge >= 0.3 is 0 Å². The van der Waals surface area contributed by atoms with Crippen molar-refractivity contribution >= 4 is 0 Å². The van der Waals surface area contributed by atoms with Crippen molar-refractivity contribution in [3.8, 4) is 22.5 Å². The Hall–Kier alpha value is -2.39. The first-order valence-corrected chi connectivity index (χ1v) is 6.78. The first-order valence-electron chi connectivity index (χ1n) is 6.78. The third-order valence-corrected chi connectivity index (χ3v) is 3.37. The Morgan fingerprint density at radius 1 is 0.850 bits per heavy atom. The van der Waals surface area contributed by atoms with E-state index in [1.165, 1.54) is 5.56 Å². The second kappa shape index (κ2) is 5.72. The lowest BCUT2D eigenvalue weighted by molar-refractivity contribution is 0.973. The molecule has 0 saturated heterocycles. The fourth-order valence-electron chi connectivity index (χ4n) is 2.43. The molecule has 3 nitrogen and oxygen atoms in total. The molecule has 100 valence electrons. The first-order chi connectivity index (χ1) is 9.90. The molecule has 0 bridgehead atoms. The molecule has 3 aromatic rings. The number of benzene rings is 2. The van der Waals surface area contributed by atoms with Crippen LogP contribution >= 0.6 is 0 Å². The molecule has 3 N–H and O–H groups in total. The highest BCUT2D eigenvalue weighted by Gasteiger charge is 2.15. The second-order valence-corrected chi connectivity index (χ2v) is 4.70. The van der Waals surface area contributed by atoms with E-state index >= 15 is 0 Å². The molecule has 0 aliphatic rings. The predicted molar refractivity (Wildman–Crippen MR) is 82.2 cm³/mol. The van der Waals surface area contributed by atoms with Crippen molar-refractivity contribution in [2.24, 2.45) is 5.73 Å². The second-order valence-electron chi connectivity index (χ2n) is 4.70. The van der Waals surface area contributed by atoms with Gasteiger partial charge in [0.25, 0.3) is 0 Å². The summed E-state index contributed by atoms with van der Waals surface area (Å²) in [5.41, 5.74) is 11.3. The Morgan fingerprint density at radius 2 is 1.45 bits per heavy atom. The molecule has 3 heteroatoms. The molecule has 0 aliphatic carbocycles. The van der Waals surface area contributed by atoms with E-state index in [0.29, 0.717) is 6.54 Å². The lowest BCUT2D eigenvalue weighted by atomic mass is 10.00. The van der Waals surface area contributed by atoms with Crippen LogP contribution in [0.2, 0.25) is 0 Å². The summed E-state index contributed by atoms with van der Waals surface area (Å²) in [7, 11) is 0. The lowest BCUT2D eigenvalue weighted by Gasteiger charge is -2.05. The quantitative estimate of drug-likeness (QED) is 0.759. The van der Waals surface area contributed by atoms with E-state index in [1.54, 1.807) is 0 Å². The molecule has 0 atom stereocenters. The standard InChI is InChI=1S/C17H17N3/c18-12-11-15-16(13-7-3-1-4-8-13)19-20-17(15)14-9-5-2-6-10-14/h1-10H,11-12,18H2,(H,19,20). The summed E-state index contributed by atoms with van der Waals surface area (Å²) < 4.78 is 0. The van der Waals surface area contributed by atoms with Crippen molar-refractivity contribution < 1.29 is 0 Å². The number of aromatic nitrogens is 2. The van der Waals surface area contributed by atoms with Gasteiger partial charge in [-0.1, -0.05) is 60.7 Å². The van der Waals surface area contributed by atoms with Gasteiger partial charge in [0.2, 0.25) is 0 Å². The highest BCUT2D eigenvalue weighted by molar-refractivity contribution is 5.74. The highest BCUT2D eigenvalue weighted by Crippen LogP contribution is 2.30. The Bertz CT molecular complexity index is 615. The minimum Gasteiger partial charge on any atom is -0.330 e. The van der Waals surface area contributed by atoms with Gasteiger partial charge in [-0.05, 0) is 18.5 Å². The van der Waals surface area contributed by atoms with Crippen LogP contribution in [0, 0.1) is 0 Å². The van der Waals surface area contributed by atoms with E-state index in [-0.39, 0.29) is 0 Å². The maximum atomic E-state index is 5.77. The third kappa shape index (κ3) is 2.36. The van der Waals surface area contributed by atoms with E-state index < -0.39 is 0 Å². The Labute approximate surface area is 118 Å². The number of nitrogens with two attached hydrogens (primary N) is 1. The average Bonchev–Trinajstić information content (AvgIpc) is 2.93. The summed E-state index contributed by atoms with van der Waals surface area (Å²) in [5, 5.41) is 7.67. The zero-order valence-electron chi connectivity index (χ0n) is 11.2. The van der Waals surface area contributed by atoms with Crippen molar-refractivity contribution in [1.82, 2.24) is 10.2 Å². The highest BCUT2D eigenvalue weighted by atomic mass is 15.1. The zero-order valence-corrected chi connectivity index (χ0v) is 11.2. The zero-order chi connectivity index (χ0) is 13.8. The SMILES string of the molecule is NCCc1c(-c2ccccc2)n[nH]c1-c1ccccc1. The Kier molecular flexibility index (Phi) is 3.61. The average molecular weight is 263 g/mol. The topological polar surface area (TPSA) is 54.7 Å². The fraction of sp³-hybridized carbons (Fsp3) is 0.118. The Morgan fingerprint density at radius 3 is 2.05 bits per heavy atom. The van der Waals surface area contributed by atoms with Crippen LogP contribution in [0.25, 0.3) is 22.5 Å². The predicted octanol–water partition coefficient (Wildman–Crippen LogP) is 3.24. The normalized spacial score (nSPS) is 10.7. The molecular weight excluding hydrogens is 246 g/mol. The number of nitrogens with zero attached hydrogens (tertiary/aromatic N) is 1. The van der Waals surface area contributed by atoms with Gasteiger partial charge in [0.05, 0.1) is 11.4 Å². The van der Waals surface area contributed by atoms with Gasteiger partial charge in [0, 0.05) is 11.1 Å². The third-order valence-electron chi connectivity index (χ3n) is 3.37. The number of aromatic amines is 1. The van der Waals surface area contributed by atoms with Crippen LogP contribution in [-0.2, 0) is 6.42 Å². The van der Waals surface area contributed by atoms with Gasteiger partial charge < -0.3 is 5.73 Å². The summed E-state index contributed by atoms with van der Waals surface area (Å²) in [6.07, 6.45) is 0.810. The maximum absolute atomic E-state index is 5.77. The summed E-state index contributed by atoms with van der Waals surface area (Å²) in [6, 6.07) is 20.5. The van der Waals surface area contributed by atoms with Crippen LogP contribution in [0.4, 0.5) is 0 Å². The molecule has 0 aliphatic heterocycles. The molecule has 2 aromatic carbocycles. The van der Waals surface area contributed by atoms with Crippen LogP contribution in [0.15, 0.2) is 60.7 Å². The molecule has 1 heterocycles. The largest absolute Gasteiger partial charge is 0.330 e. The molecule has 0 radical (unpaired) electrons. The van der Waals surface area contributed by atoms with Gasteiger partial charge in [-0.3, -0.25) is 5.10 Å². The van der Waals surface area contributed by atoms with Gasteiger partial charge in [0.15, 0.2) is 0 Å². The lowest BCUT2D eigenvalue weighted by Crippen LogP contribution is -2.04. The van der Waals surface area contributed by atoms with E-state index in [0.717, 1.165) is 28.9 Å². The number of rotatable bonds is 4. The number of hydrogen-bond acceptors (Lipinski definition) is 2. The molecular formula is C17H17N3. The van der Waals surface area contributed by atoms with Crippen molar-refractivity contribution in [2.75, 3.05) is 6.54 Å². The van der Waals surface area contributed by atoms with Crippen LogP contribution in [0.5, 0.6) is 0 Å². The summed E-state index contributed by atoms with van der Waals surface area (Å²) >= 11 is 0. The maximum Gasteiger partial charge on any atom is 0.0959 e. The van der Waals surface area contributed by atoms with Crippen LogP contribution < -0.4 is 5.73 Å². The minimum atomic E-state index is 0.610. The molecule has 20 heavy (non-hydrogen) atoms. The molecule has 0 saturated carbocycles. The van der Waals surface area contributed by atoms with Gasteiger partial charge in [-0.25, -0.2) is 0 Å². The minimum absolute atomic E-state index is 0.610. The van der Waals surface area contributed by atoms with Crippen molar-refractivity contribution in [2.45, 2.75) is 6.42 Å². The van der Waals surface area contributed by atoms with Gasteiger partial charge in [0.1, 0.15) is 0 Å². The van der Waals surface area contributed by atoms with E-state index in [1.807, 2.05) is 36.4 Å². The number of hydrogen-bond donors (Lipinski definition) is 2. The molecule has 0 unspecified atom stereocenters. The van der Waals surface area contributed by atoms with Crippen LogP contribution in [0.3, 0.4) is 0 Å². The van der Waals surface area contributed by atoms with Crippen LogP contribution in [0.1, 0.15) is 5.56 Å². The smallest absolute Gasteiger partial charge is 0.0959 e.